The average Bonchev–Trinajstić information content (AvgIpc) is 2.85. The maximum atomic E-state index is 13.0. The van der Waals surface area contributed by atoms with Gasteiger partial charge in [-0.15, -0.1) is 0 Å². The smallest absolute Gasteiger partial charge is 0.296 e. The summed E-state index contributed by atoms with van der Waals surface area (Å²) in [5, 5.41) is 7.93. The third kappa shape index (κ3) is 7.51. The van der Waals surface area contributed by atoms with E-state index in [1.54, 1.807) is 0 Å². The van der Waals surface area contributed by atoms with Crippen LogP contribution in [0.3, 0.4) is 0 Å². The summed E-state index contributed by atoms with van der Waals surface area (Å²) in [6, 6.07) is 1.59. The third-order valence-electron chi connectivity index (χ3n) is 5.60. The first kappa shape index (κ1) is 34.4. The van der Waals surface area contributed by atoms with E-state index in [1.165, 1.54) is 0 Å². The quantitative estimate of drug-likeness (QED) is 0.0747. The summed E-state index contributed by atoms with van der Waals surface area (Å²) in [6.07, 6.45) is 0. The molecular formula is C21H20N4O15S4. The largest absolute Gasteiger partial charge is 0.494 e. The first-order chi connectivity index (χ1) is 19.9. The van der Waals surface area contributed by atoms with Crippen LogP contribution in [0, 0.1) is 0 Å². The van der Waals surface area contributed by atoms with E-state index in [4.69, 9.17) is 10.5 Å². The number of rotatable bonds is 10. The molecule has 238 valence electrons. The summed E-state index contributed by atoms with van der Waals surface area (Å²) >= 11 is 0. The lowest BCUT2D eigenvalue weighted by Crippen LogP contribution is -2.32. The minimum Gasteiger partial charge on any atom is -0.494 e. The Kier molecular flexibility index (Phi) is 9.20. The van der Waals surface area contributed by atoms with Crippen molar-refractivity contribution >= 4 is 80.0 Å². The van der Waals surface area contributed by atoms with Crippen molar-refractivity contribution in [3.8, 4) is 5.75 Å². The number of ketones is 1. The second-order valence-electron chi connectivity index (χ2n) is 8.67. The summed E-state index contributed by atoms with van der Waals surface area (Å²) in [4.78, 5) is 21.0. The van der Waals surface area contributed by atoms with Gasteiger partial charge in [-0.2, -0.15) is 43.9 Å². The number of amides is 1. The standard InChI is InChI=1S/C21H20N4O15S4/c1-9(26)20(21(27)23-14-8-18(43(34,35)36)13(22)7-16(14)40-2)25-24-15-6-12-10(4-19(15)44(37,38)39)3-11(41(28,29)30)5-17(12)42(31,32)33/h3-8,20H,22H2,1-2H3,(H,23,27)(H,28,29,30)(H,31,32,33)(H,34,35,36)(H,37,38,39). The lowest BCUT2D eigenvalue weighted by atomic mass is 10.1. The van der Waals surface area contributed by atoms with Crippen molar-refractivity contribution in [1.29, 1.82) is 0 Å². The molecule has 3 rings (SSSR count). The number of hydrogen-bond donors (Lipinski definition) is 6. The average molecular weight is 697 g/mol. The van der Waals surface area contributed by atoms with Gasteiger partial charge in [0.15, 0.2) is 5.78 Å². The molecule has 0 radical (unpaired) electrons. The molecule has 7 N–H and O–H groups in total. The lowest BCUT2D eigenvalue weighted by molar-refractivity contribution is -0.126. The van der Waals surface area contributed by atoms with Crippen LogP contribution in [0.4, 0.5) is 17.1 Å². The monoisotopic (exact) mass is 696 g/mol. The zero-order valence-electron chi connectivity index (χ0n) is 21.9. The number of nitrogens with zero attached hydrogens (tertiary/aromatic N) is 2. The van der Waals surface area contributed by atoms with E-state index in [9.17, 15) is 61.5 Å². The van der Waals surface area contributed by atoms with Crippen molar-refractivity contribution in [3.63, 3.8) is 0 Å². The molecule has 0 spiro atoms. The van der Waals surface area contributed by atoms with Gasteiger partial charge in [-0.1, -0.05) is 0 Å². The molecule has 23 heteroatoms. The van der Waals surface area contributed by atoms with Crippen LogP contribution >= 0.6 is 0 Å². The Morgan fingerprint density at radius 1 is 0.795 bits per heavy atom. The van der Waals surface area contributed by atoms with Crippen molar-refractivity contribution in [2.75, 3.05) is 18.2 Å². The molecule has 0 saturated carbocycles. The number of hydrogen-bond acceptors (Lipinski definition) is 14. The van der Waals surface area contributed by atoms with Crippen LogP contribution in [0.5, 0.6) is 5.75 Å². The van der Waals surface area contributed by atoms with Gasteiger partial charge < -0.3 is 15.8 Å². The lowest BCUT2D eigenvalue weighted by Gasteiger charge is -2.15. The number of carbonyl (C=O) groups excluding carboxylic acids is 2. The number of nitrogen functional groups attached to an aromatic ring is 1. The summed E-state index contributed by atoms with van der Waals surface area (Å²) < 4.78 is 138. The predicted molar refractivity (Wildman–Crippen MR) is 148 cm³/mol. The van der Waals surface area contributed by atoms with Crippen LogP contribution in [0.2, 0.25) is 0 Å². The number of benzene rings is 3. The number of methoxy groups -OCH3 is 1. The van der Waals surface area contributed by atoms with E-state index in [2.05, 4.69) is 15.5 Å². The SMILES string of the molecule is COc1cc(N)c(S(=O)(=O)O)cc1NC(=O)C(N=Nc1cc2c(S(=O)(=O)O)cc(S(=O)(=O)O)cc2cc1S(=O)(=O)O)C(C)=O. The maximum absolute atomic E-state index is 13.0. The first-order valence-electron chi connectivity index (χ1n) is 11.2. The van der Waals surface area contributed by atoms with Gasteiger partial charge in [0, 0.05) is 11.5 Å². The minimum atomic E-state index is -5.26. The number of nitrogens with two attached hydrogens (primary N) is 1. The normalized spacial score (nSPS) is 13.6. The maximum Gasteiger partial charge on any atom is 0.296 e. The molecule has 0 bridgehead atoms. The number of carbonyl (C=O) groups is 2. The van der Waals surface area contributed by atoms with Gasteiger partial charge in [0.25, 0.3) is 46.4 Å². The minimum absolute atomic E-state index is 0.229. The van der Waals surface area contributed by atoms with Crippen LogP contribution < -0.4 is 15.8 Å². The Labute approximate surface area is 248 Å². The molecule has 44 heavy (non-hydrogen) atoms. The van der Waals surface area contributed by atoms with Gasteiger partial charge in [-0.05, 0) is 42.6 Å². The van der Waals surface area contributed by atoms with Gasteiger partial charge >= 0.3 is 0 Å². The first-order valence-corrected chi connectivity index (χ1v) is 16.9. The highest BCUT2D eigenvalue weighted by atomic mass is 32.2. The fourth-order valence-electron chi connectivity index (χ4n) is 3.67. The Hall–Kier alpha value is -4.10. The second kappa shape index (κ2) is 11.8. The molecule has 3 aromatic carbocycles. The Morgan fingerprint density at radius 2 is 1.36 bits per heavy atom. The fraction of sp³-hybridized carbons (Fsp3) is 0.143. The molecule has 1 unspecified atom stereocenters. The summed E-state index contributed by atoms with van der Waals surface area (Å²) in [5.74, 6) is -2.56. The molecule has 0 fully saturated rings. The molecule has 1 amide bonds. The number of Topliss-reactive ketones (excluding diaryl/α,β-unsaturated/α-hetero) is 1. The molecule has 1 atom stereocenters. The highest BCUT2D eigenvalue weighted by molar-refractivity contribution is 7.87. The van der Waals surface area contributed by atoms with Crippen molar-refractivity contribution in [1.82, 2.24) is 0 Å². The number of anilines is 2. The van der Waals surface area contributed by atoms with Crippen molar-refractivity contribution < 1.29 is 66.2 Å². The van der Waals surface area contributed by atoms with Crippen LogP contribution in [0.1, 0.15) is 6.92 Å². The number of azo groups is 1. The van der Waals surface area contributed by atoms with E-state index in [0.717, 1.165) is 20.1 Å². The van der Waals surface area contributed by atoms with Crippen molar-refractivity contribution in [3.05, 3.63) is 36.4 Å². The van der Waals surface area contributed by atoms with Crippen LogP contribution in [0.25, 0.3) is 10.8 Å². The highest BCUT2D eigenvalue weighted by Crippen LogP contribution is 2.36. The zero-order valence-corrected chi connectivity index (χ0v) is 25.2. The summed E-state index contributed by atoms with van der Waals surface area (Å²) in [6.45, 7) is 0.852. The molecule has 0 aromatic heterocycles. The van der Waals surface area contributed by atoms with E-state index in [1.807, 2.05) is 0 Å². The fourth-order valence-corrected chi connectivity index (χ4v) is 6.28. The van der Waals surface area contributed by atoms with Gasteiger partial charge in [0.2, 0.25) is 6.04 Å². The van der Waals surface area contributed by atoms with Gasteiger partial charge in [-0.3, -0.25) is 27.8 Å². The van der Waals surface area contributed by atoms with Gasteiger partial charge in [0.05, 0.1) is 23.4 Å². The van der Waals surface area contributed by atoms with E-state index in [-0.39, 0.29) is 5.75 Å². The van der Waals surface area contributed by atoms with E-state index >= 15 is 0 Å². The number of fused-ring (bicyclic) bond motifs is 1. The predicted octanol–water partition coefficient (Wildman–Crippen LogP) is 1.10. The Bertz CT molecular complexity index is 2200. The Balaban J connectivity index is 2.21. The molecule has 0 heterocycles. The van der Waals surface area contributed by atoms with E-state index in [0.29, 0.717) is 30.3 Å². The summed E-state index contributed by atoms with van der Waals surface area (Å²) in [5.41, 5.74) is 3.79. The highest BCUT2D eigenvalue weighted by Gasteiger charge is 2.28. The van der Waals surface area contributed by atoms with Crippen LogP contribution in [-0.4, -0.2) is 76.7 Å². The van der Waals surface area contributed by atoms with Crippen molar-refractivity contribution in [2.24, 2.45) is 10.2 Å². The number of nitrogens with one attached hydrogen (secondary N) is 1. The molecule has 3 aromatic rings. The molecule has 0 saturated heterocycles. The molecule has 0 aliphatic carbocycles. The van der Waals surface area contributed by atoms with Gasteiger partial charge in [0.1, 0.15) is 26.1 Å². The van der Waals surface area contributed by atoms with Crippen molar-refractivity contribution in [2.45, 2.75) is 32.5 Å². The third-order valence-corrected chi connectivity index (χ3v) is 9.12. The molecular weight excluding hydrogens is 677 g/mol. The van der Waals surface area contributed by atoms with Gasteiger partial charge in [-0.25, -0.2) is 0 Å². The van der Waals surface area contributed by atoms with E-state index < -0.39 is 106 Å². The van der Waals surface area contributed by atoms with Crippen LogP contribution in [0.15, 0.2) is 66.2 Å². The van der Waals surface area contributed by atoms with Crippen LogP contribution in [-0.2, 0) is 50.1 Å². The second-order valence-corrected chi connectivity index (χ2v) is 14.3. The zero-order chi connectivity index (χ0) is 33.6. The molecule has 19 nitrogen and oxygen atoms in total. The topological polar surface area (TPSA) is 324 Å². The number of ether oxygens (including phenoxy) is 1. The molecule has 0 aliphatic rings. The molecule has 0 aliphatic heterocycles. The Morgan fingerprint density at radius 3 is 1.84 bits per heavy atom. The summed E-state index contributed by atoms with van der Waals surface area (Å²) in [7, 11) is -19.4.